The van der Waals surface area contributed by atoms with Gasteiger partial charge in [-0.2, -0.15) is 0 Å². The van der Waals surface area contributed by atoms with E-state index in [1.807, 2.05) is 13.0 Å². The van der Waals surface area contributed by atoms with Crippen LogP contribution < -0.4 is 18.3 Å². The van der Waals surface area contributed by atoms with E-state index < -0.39 is 40.8 Å². The number of benzene rings is 3. The van der Waals surface area contributed by atoms with E-state index in [0.29, 0.717) is 11.5 Å². The van der Waals surface area contributed by atoms with Crippen molar-refractivity contribution >= 4 is 51.5 Å². The van der Waals surface area contributed by atoms with E-state index in [-0.39, 0.29) is 29.2 Å². The molecular weight excluding hydrogens is 769 g/mol. The lowest BCUT2D eigenvalue weighted by molar-refractivity contribution is -0.152. The normalized spacial score (nSPS) is 16.5. The monoisotopic (exact) mass is 832 g/mol. The van der Waals surface area contributed by atoms with Gasteiger partial charge in [0.15, 0.2) is 23.7 Å². The first-order chi connectivity index (χ1) is 26.4. The van der Waals surface area contributed by atoms with Gasteiger partial charge in [0, 0.05) is 16.7 Å². The van der Waals surface area contributed by atoms with Crippen molar-refractivity contribution in [3.8, 4) is 23.0 Å². The first kappa shape index (κ1) is 44.4. The van der Waals surface area contributed by atoms with E-state index in [0.717, 1.165) is 61.1 Å². The predicted molar refractivity (Wildman–Crippen MR) is 236 cm³/mol. The van der Waals surface area contributed by atoms with E-state index in [1.54, 1.807) is 39.5 Å². The van der Waals surface area contributed by atoms with Crippen LogP contribution >= 0.6 is 11.8 Å². The molecule has 310 valence electrons. The third-order valence-corrected chi connectivity index (χ3v) is 21.9. The molecular formula is C46H64O8SSi2. The molecule has 0 N–H and O–H groups in total. The maximum atomic E-state index is 13.0. The van der Waals surface area contributed by atoms with E-state index >= 15 is 0 Å². The van der Waals surface area contributed by atoms with Crippen molar-refractivity contribution in [2.75, 3.05) is 13.2 Å². The van der Waals surface area contributed by atoms with Gasteiger partial charge in [0.25, 0.3) is 16.6 Å². The summed E-state index contributed by atoms with van der Waals surface area (Å²) < 4.78 is 37.7. The zero-order chi connectivity index (χ0) is 42.4. The lowest BCUT2D eigenvalue weighted by Crippen LogP contribution is -2.44. The Morgan fingerprint density at radius 2 is 1.21 bits per heavy atom. The molecule has 11 heteroatoms. The van der Waals surface area contributed by atoms with E-state index in [4.69, 9.17) is 27.8 Å². The topological polar surface area (TPSA) is 89.5 Å². The molecule has 2 aliphatic rings. The number of fused-ring (bicyclic) bond motifs is 3. The van der Waals surface area contributed by atoms with Crippen molar-refractivity contribution in [3.05, 3.63) is 70.3 Å². The van der Waals surface area contributed by atoms with Crippen LogP contribution in [0.2, 0.25) is 36.3 Å². The summed E-state index contributed by atoms with van der Waals surface area (Å²) in [4.78, 5) is 27.9. The first-order valence-corrected chi connectivity index (χ1v) is 27.0. The molecule has 8 nitrogen and oxygen atoms in total. The molecule has 0 saturated carbocycles. The van der Waals surface area contributed by atoms with Gasteiger partial charge in [-0.1, -0.05) is 84.5 Å². The standard InChI is InChI=1S/C46H64O8SSi2/c1-17-49-43(47)29(5)51-36-26-31-25-27(3)37(38(31)28(4)40(36)52-30(6)44(48)50-18-2)39-32-21-19-23-34(53-56(13,14)45(7,8)9)41(32)55-42-33(39)22-20-24-35(42)54-57(15,16)46(10,11)12/h19-24,26-27,29-30H,17-18,25H2,1-16H3/t27?,29-,30-/m1/s1. The SMILES string of the molecule is CCOC(=O)[C@@H](C)Oc1cc2c(c(C)c1O[C@H](C)C(=O)OCC)C(=C1c3cccc(O[Si](C)(C)C(C)(C)C)c3Sc3c(O[Si](C)(C)C(C)(C)C)cccc31)C(C)C2. The Morgan fingerprint density at radius 1 is 0.754 bits per heavy atom. The molecule has 0 saturated heterocycles. The van der Waals surface area contributed by atoms with Crippen LogP contribution in [0.25, 0.3) is 11.1 Å². The third kappa shape index (κ3) is 8.86. The summed E-state index contributed by atoms with van der Waals surface area (Å²) in [5.41, 5.74) is 7.49. The molecule has 0 aromatic heterocycles. The first-order valence-electron chi connectivity index (χ1n) is 20.3. The van der Waals surface area contributed by atoms with Gasteiger partial charge < -0.3 is 27.8 Å². The highest BCUT2D eigenvalue weighted by Crippen LogP contribution is 2.59. The average Bonchev–Trinajstić information content (AvgIpc) is 3.43. The Labute approximate surface area is 347 Å². The molecule has 1 aliphatic carbocycles. The van der Waals surface area contributed by atoms with Gasteiger partial charge in [-0.15, -0.1) is 0 Å². The Hall–Kier alpha value is -3.68. The minimum absolute atomic E-state index is 0.00250. The van der Waals surface area contributed by atoms with Crippen molar-refractivity contribution in [3.63, 3.8) is 0 Å². The van der Waals surface area contributed by atoms with Crippen LogP contribution in [0.4, 0.5) is 0 Å². The van der Waals surface area contributed by atoms with Gasteiger partial charge in [0.05, 0.1) is 23.0 Å². The van der Waals surface area contributed by atoms with Crippen LogP contribution in [-0.4, -0.2) is 54.0 Å². The molecule has 3 atom stereocenters. The Balaban J connectivity index is 1.83. The lowest BCUT2D eigenvalue weighted by Gasteiger charge is -2.39. The van der Waals surface area contributed by atoms with Crippen molar-refractivity contribution < 1.29 is 37.4 Å². The Bertz CT molecular complexity index is 1980. The zero-order valence-electron chi connectivity index (χ0n) is 37.1. The van der Waals surface area contributed by atoms with E-state index in [1.165, 1.54) is 5.57 Å². The van der Waals surface area contributed by atoms with Crippen LogP contribution in [0.3, 0.4) is 0 Å². The maximum Gasteiger partial charge on any atom is 0.347 e. The van der Waals surface area contributed by atoms with Gasteiger partial charge in [-0.25, -0.2) is 9.59 Å². The molecule has 1 heterocycles. The summed E-state index contributed by atoms with van der Waals surface area (Å²) >= 11 is 1.74. The van der Waals surface area contributed by atoms with Crippen LogP contribution in [0.1, 0.15) is 104 Å². The second-order valence-electron chi connectivity index (χ2n) is 18.4. The molecule has 1 unspecified atom stereocenters. The van der Waals surface area contributed by atoms with Crippen LogP contribution in [0.15, 0.2) is 52.3 Å². The number of allylic oxidation sites excluding steroid dienone is 1. The van der Waals surface area contributed by atoms with Crippen molar-refractivity contribution in [2.45, 2.75) is 148 Å². The summed E-state index contributed by atoms with van der Waals surface area (Å²) in [5.74, 6) is 1.70. The van der Waals surface area contributed by atoms with Gasteiger partial charge in [-0.3, -0.25) is 0 Å². The van der Waals surface area contributed by atoms with Crippen LogP contribution in [0, 0.1) is 12.8 Å². The number of esters is 2. The Morgan fingerprint density at radius 3 is 1.65 bits per heavy atom. The fraction of sp³-hybridized carbons (Fsp3) is 0.522. The second kappa shape index (κ2) is 16.5. The molecule has 0 fully saturated rings. The fourth-order valence-corrected chi connectivity index (χ4v) is 10.2. The molecule has 1 aliphatic heterocycles. The van der Waals surface area contributed by atoms with Gasteiger partial charge in [-0.05, 0) is 124 Å². The predicted octanol–water partition coefficient (Wildman–Crippen LogP) is 12.0. The molecule has 5 rings (SSSR count). The number of hydrogen-bond acceptors (Lipinski definition) is 9. The maximum absolute atomic E-state index is 13.0. The third-order valence-electron chi connectivity index (χ3n) is 12.0. The number of carbonyl (C=O) groups excluding carboxylic acids is 2. The minimum Gasteiger partial charge on any atom is -0.543 e. The lowest BCUT2D eigenvalue weighted by atomic mass is 9.85. The molecule has 3 aromatic carbocycles. The highest BCUT2D eigenvalue weighted by atomic mass is 32.2. The van der Waals surface area contributed by atoms with Crippen LogP contribution in [-0.2, 0) is 25.5 Å². The molecule has 0 radical (unpaired) electrons. The van der Waals surface area contributed by atoms with E-state index in [9.17, 15) is 9.59 Å². The summed E-state index contributed by atoms with van der Waals surface area (Å²) in [6.45, 7) is 34.4. The smallest absolute Gasteiger partial charge is 0.347 e. The van der Waals surface area contributed by atoms with Crippen LogP contribution in [0.5, 0.6) is 23.0 Å². The number of ether oxygens (including phenoxy) is 4. The minimum atomic E-state index is -2.23. The number of carbonyl (C=O) groups is 2. The van der Waals surface area contributed by atoms with Crippen molar-refractivity contribution in [1.29, 1.82) is 0 Å². The van der Waals surface area contributed by atoms with Gasteiger partial charge in [0.1, 0.15) is 11.5 Å². The molecule has 57 heavy (non-hydrogen) atoms. The fourth-order valence-electron chi connectivity index (χ4n) is 6.83. The quantitative estimate of drug-likeness (QED) is 0.102. The molecule has 3 aromatic rings. The highest BCUT2D eigenvalue weighted by Gasteiger charge is 2.43. The van der Waals surface area contributed by atoms with Gasteiger partial charge in [0.2, 0.25) is 0 Å². The van der Waals surface area contributed by atoms with Gasteiger partial charge >= 0.3 is 11.9 Å². The summed E-state index contributed by atoms with van der Waals surface area (Å²) in [6.07, 6.45) is -1.08. The molecule has 0 amide bonds. The number of rotatable bonds is 12. The summed E-state index contributed by atoms with van der Waals surface area (Å²) in [5, 5.41) is 0.00501. The summed E-state index contributed by atoms with van der Waals surface area (Å²) in [6, 6.07) is 14.9. The van der Waals surface area contributed by atoms with Crippen molar-refractivity contribution in [1.82, 2.24) is 0 Å². The Kier molecular flexibility index (Phi) is 12.9. The van der Waals surface area contributed by atoms with E-state index in [2.05, 4.69) is 111 Å². The average molecular weight is 833 g/mol. The summed E-state index contributed by atoms with van der Waals surface area (Å²) in [7, 11) is -4.47. The zero-order valence-corrected chi connectivity index (χ0v) is 39.9. The highest BCUT2D eigenvalue weighted by molar-refractivity contribution is 7.99. The largest absolute Gasteiger partial charge is 0.543 e. The molecule has 0 bridgehead atoms. The number of hydrogen-bond donors (Lipinski definition) is 0. The van der Waals surface area contributed by atoms with Crippen molar-refractivity contribution in [2.24, 2.45) is 5.92 Å². The molecule has 0 spiro atoms. The second-order valence-corrected chi connectivity index (χ2v) is 28.8.